The van der Waals surface area contributed by atoms with Crippen LogP contribution in [-0.2, 0) is 0 Å². The van der Waals surface area contributed by atoms with E-state index in [2.05, 4.69) is 10.1 Å². The third-order valence-electron chi connectivity index (χ3n) is 3.49. The molecule has 2 aromatic carbocycles. The number of aromatic hydroxyl groups is 1. The standard InChI is InChI=1S/C18H15F2NO3/c1-21-17-14(12-8-5-9-13(10-12)23-18(19)20)15(22)16(24-17)11-6-3-2-4-7-11/h2-10,18,21-22H,1H3. The van der Waals surface area contributed by atoms with Crippen molar-refractivity contribution in [1.82, 2.24) is 0 Å². The Morgan fingerprint density at radius 1 is 1.04 bits per heavy atom. The van der Waals surface area contributed by atoms with Crippen molar-refractivity contribution in [3.63, 3.8) is 0 Å². The van der Waals surface area contributed by atoms with Crippen LogP contribution in [0.5, 0.6) is 11.5 Å². The van der Waals surface area contributed by atoms with Crippen LogP contribution < -0.4 is 10.1 Å². The molecule has 0 fully saturated rings. The predicted octanol–water partition coefficient (Wildman–Crippen LogP) is 4.96. The molecule has 0 amide bonds. The largest absolute Gasteiger partial charge is 0.504 e. The summed E-state index contributed by atoms with van der Waals surface area (Å²) in [4.78, 5) is 0. The van der Waals surface area contributed by atoms with Crippen molar-refractivity contribution >= 4 is 5.88 Å². The number of ether oxygens (including phenoxy) is 1. The van der Waals surface area contributed by atoms with Crippen molar-refractivity contribution in [1.29, 1.82) is 0 Å². The Morgan fingerprint density at radius 2 is 1.75 bits per heavy atom. The maximum atomic E-state index is 12.4. The van der Waals surface area contributed by atoms with Crippen molar-refractivity contribution in [2.24, 2.45) is 0 Å². The fourth-order valence-electron chi connectivity index (χ4n) is 2.48. The lowest BCUT2D eigenvalue weighted by Crippen LogP contribution is -2.01. The zero-order valence-corrected chi connectivity index (χ0v) is 12.8. The summed E-state index contributed by atoms with van der Waals surface area (Å²) in [5.41, 5.74) is 1.59. The van der Waals surface area contributed by atoms with Gasteiger partial charge in [0.15, 0.2) is 11.5 Å². The van der Waals surface area contributed by atoms with Gasteiger partial charge in [-0.05, 0) is 17.7 Å². The predicted molar refractivity (Wildman–Crippen MR) is 87.4 cm³/mol. The maximum Gasteiger partial charge on any atom is 0.387 e. The third kappa shape index (κ3) is 3.03. The normalized spacial score (nSPS) is 10.8. The monoisotopic (exact) mass is 331 g/mol. The molecule has 2 N–H and O–H groups in total. The molecule has 124 valence electrons. The summed E-state index contributed by atoms with van der Waals surface area (Å²) in [6.45, 7) is -2.91. The van der Waals surface area contributed by atoms with E-state index in [1.165, 1.54) is 12.1 Å². The van der Waals surface area contributed by atoms with Crippen molar-refractivity contribution in [2.45, 2.75) is 6.61 Å². The molecule has 0 saturated carbocycles. The van der Waals surface area contributed by atoms with E-state index in [0.29, 0.717) is 28.3 Å². The van der Waals surface area contributed by atoms with Gasteiger partial charge in [0.05, 0.1) is 5.56 Å². The van der Waals surface area contributed by atoms with Gasteiger partial charge in [0.1, 0.15) is 5.75 Å². The van der Waals surface area contributed by atoms with E-state index >= 15 is 0 Å². The molecule has 4 nitrogen and oxygen atoms in total. The number of rotatable bonds is 5. The first-order valence-electron chi connectivity index (χ1n) is 7.24. The molecule has 0 spiro atoms. The Labute approximate surface area is 137 Å². The van der Waals surface area contributed by atoms with Gasteiger partial charge in [-0.25, -0.2) is 0 Å². The van der Waals surface area contributed by atoms with Gasteiger partial charge in [-0.1, -0.05) is 42.5 Å². The molecule has 0 unspecified atom stereocenters. The van der Waals surface area contributed by atoms with Crippen LogP contribution in [0.15, 0.2) is 59.0 Å². The van der Waals surface area contributed by atoms with Crippen molar-refractivity contribution in [3.8, 4) is 33.9 Å². The second-order valence-electron chi connectivity index (χ2n) is 5.01. The average Bonchev–Trinajstić information content (AvgIpc) is 2.92. The van der Waals surface area contributed by atoms with Crippen LogP contribution in [0.4, 0.5) is 14.7 Å². The van der Waals surface area contributed by atoms with Gasteiger partial charge in [0, 0.05) is 12.6 Å². The molecule has 1 heterocycles. The van der Waals surface area contributed by atoms with Crippen molar-refractivity contribution in [3.05, 3.63) is 54.6 Å². The first kappa shape index (κ1) is 15.9. The van der Waals surface area contributed by atoms with E-state index in [1.54, 1.807) is 31.3 Å². The molecule has 0 aliphatic carbocycles. The number of furan rings is 1. The lowest BCUT2D eigenvalue weighted by molar-refractivity contribution is -0.0498. The van der Waals surface area contributed by atoms with Crippen LogP contribution >= 0.6 is 0 Å². The minimum atomic E-state index is -2.91. The number of hydrogen-bond acceptors (Lipinski definition) is 4. The van der Waals surface area contributed by atoms with Crippen molar-refractivity contribution < 1.29 is 23.0 Å². The Bertz CT molecular complexity index is 832. The van der Waals surface area contributed by atoms with E-state index in [-0.39, 0.29) is 11.5 Å². The summed E-state index contributed by atoms with van der Waals surface area (Å²) in [7, 11) is 1.65. The molecular weight excluding hydrogens is 316 g/mol. The lowest BCUT2D eigenvalue weighted by atomic mass is 10.0. The highest BCUT2D eigenvalue weighted by molar-refractivity contribution is 5.87. The highest BCUT2D eigenvalue weighted by Gasteiger charge is 2.22. The molecule has 6 heteroatoms. The van der Waals surface area contributed by atoms with Gasteiger partial charge in [-0.3, -0.25) is 0 Å². The lowest BCUT2D eigenvalue weighted by Gasteiger charge is -2.07. The van der Waals surface area contributed by atoms with Crippen LogP contribution in [0.3, 0.4) is 0 Å². The second-order valence-corrected chi connectivity index (χ2v) is 5.01. The molecule has 0 aliphatic heterocycles. The summed E-state index contributed by atoms with van der Waals surface area (Å²) < 4.78 is 34.9. The fourth-order valence-corrected chi connectivity index (χ4v) is 2.48. The fraction of sp³-hybridized carbons (Fsp3) is 0.111. The summed E-state index contributed by atoms with van der Waals surface area (Å²) in [5, 5.41) is 13.5. The van der Waals surface area contributed by atoms with Crippen LogP contribution in [0, 0.1) is 0 Å². The Balaban J connectivity index is 2.10. The number of halogens is 2. The average molecular weight is 331 g/mol. The molecule has 3 rings (SSSR count). The summed E-state index contributed by atoms with van der Waals surface area (Å²) in [6, 6.07) is 15.2. The Hall–Kier alpha value is -3.02. The van der Waals surface area contributed by atoms with Crippen LogP contribution in [0.25, 0.3) is 22.5 Å². The molecule has 0 bridgehead atoms. The zero-order valence-electron chi connectivity index (χ0n) is 12.8. The molecule has 0 atom stereocenters. The number of anilines is 1. The van der Waals surface area contributed by atoms with Gasteiger partial charge < -0.3 is 19.6 Å². The minimum absolute atomic E-state index is 0.00594. The number of hydrogen-bond donors (Lipinski definition) is 2. The molecular formula is C18H15F2NO3. The van der Waals surface area contributed by atoms with E-state index in [9.17, 15) is 13.9 Å². The van der Waals surface area contributed by atoms with E-state index in [0.717, 1.165) is 0 Å². The number of nitrogens with one attached hydrogen (secondary N) is 1. The van der Waals surface area contributed by atoms with E-state index in [1.807, 2.05) is 18.2 Å². The second kappa shape index (κ2) is 6.62. The van der Waals surface area contributed by atoms with E-state index in [4.69, 9.17) is 4.42 Å². The quantitative estimate of drug-likeness (QED) is 0.693. The van der Waals surface area contributed by atoms with Crippen molar-refractivity contribution in [2.75, 3.05) is 12.4 Å². The van der Waals surface area contributed by atoms with Gasteiger partial charge in [0.2, 0.25) is 5.88 Å². The molecule has 3 aromatic rings. The highest BCUT2D eigenvalue weighted by Crippen LogP contribution is 2.46. The SMILES string of the molecule is CNc1oc(-c2ccccc2)c(O)c1-c1cccc(OC(F)F)c1. The first-order valence-corrected chi connectivity index (χ1v) is 7.24. The van der Waals surface area contributed by atoms with E-state index < -0.39 is 6.61 Å². The molecule has 0 saturated heterocycles. The van der Waals surface area contributed by atoms with Gasteiger partial charge in [-0.2, -0.15) is 8.78 Å². The smallest absolute Gasteiger partial charge is 0.387 e. The number of alkyl halides is 2. The molecule has 24 heavy (non-hydrogen) atoms. The van der Waals surface area contributed by atoms with Crippen LogP contribution in [0.1, 0.15) is 0 Å². The topological polar surface area (TPSA) is 54.6 Å². The zero-order chi connectivity index (χ0) is 17.1. The summed E-state index contributed by atoms with van der Waals surface area (Å²) in [5.74, 6) is 0.571. The van der Waals surface area contributed by atoms with Gasteiger partial charge >= 0.3 is 6.61 Å². The molecule has 0 aliphatic rings. The van der Waals surface area contributed by atoms with Crippen LogP contribution in [0.2, 0.25) is 0 Å². The molecule has 1 aromatic heterocycles. The Kier molecular flexibility index (Phi) is 4.37. The summed E-state index contributed by atoms with van der Waals surface area (Å²) in [6.07, 6.45) is 0. The first-order chi connectivity index (χ1) is 11.6. The minimum Gasteiger partial charge on any atom is -0.504 e. The van der Waals surface area contributed by atoms with Gasteiger partial charge in [-0.15, -0.1) is 0 Å². The highest BCUT2D eigenvalue weighted by atomic mass is 19.3. The van der Waals surface area contributed by atoms with Gasteiger partial charge in [0.25, 0.3) is 0 Å². The molecule has 0 radical (unpaired) electrons. The maximum absolute atomic E-state index is 12.4. The number of benzene rings is 2. The summed E-state index contributed by atoms with van der Waals surface area (Å²) >= 11 is 0. The third-order valence-corrected chi connectivity index (χ3v) is 3.49. The Morgan fingerprint density at radius 3 is 2.42 bits per heavy atom. The van der Waals surface area contributed by atoms with Crippen LogP contribution in [-0.4, -0.2) is 18.8 Å².